The number of halogens is 4. The van der Waals surface area contributed by atoms with Gasteiger partial charge in [0.1, 0.15) is 0 Å². The van der Waals surface area contributed by atoms with Crippen LogP contribution in [0.25, 0.3) is 0 Å². The highest BCUT2D eigenvalue weighted by Gasteiger charge is 2.34. The van der Waals surface area contributed by atoms with Crippen molar-refractivity contribution in [2.24, 2.45) is 4.99 Å². The van der Waals surface area contributed by atoms with Gasteiger partial charge in [-0.1, -0.05) is 24.3 Å². The van der Waals surface area contributed by atoms with Crippen LogP contribution in [-0.4, -0.2) is 68.3 Å². The highest BCUT2D eigenvalue weighted by molar-refractivity contribution is 14.0. The zero-order valence-corrected chi connectivity index (χ0v) is 19.1. The Morgan fingerprint density at radius 1 is 1.29 bits per heavy atom. The van der Waals surface area contributed by atoms with Crippen molar-refractivity contribution >= 4 is 29.9 Å². The number of benzene rings is 1. The Labute approximate surface area is 182 Å². The highest BCUT2D eigenvalue weighted by atomic mass is 127. The number of hydrogen-bond donors (Lipinski definition) is 2. The van der Waals surface area contributed by atoms with Crippen molar-refractivity contribution in [1.82, 2.24) is 20.4 Å². The Hall–Kier alpha value is -1.07. The number of nitrogens with one attached hydrogen (secondary N) is 2. The average Bonchev–Trinajstić information content (AvgIpc) is 2.97. The minimum atomic E-state index is -4.15. The molecule has 0 aromatic heterocycles. The Bertz CT molecular complexity index is 622. The molecule has 1 heterocycles. The molecule has 9 heteroatoms. The maximum absolute atomic E-state index is 12.5. The molecule has 1 unspecified atom stereocenters. The van der Waals surface area contributed by atoms with Crippen molar-refractivity contribution in [2.45, 2.75) is 38.7 Å². The monoisotopic (exact) mass is 513 g/mol. The number of alkyl halides is 3. The number of guanidine groups is 1. The summed E-state index contributed by atoms with van der Waals surface area (Å²) < 4.78 is 37.6. The van der Waals surface area contributed by atoms with Crippen molar-refractivity contribution in [3.8, 4) is 0 Å². The third kappa shape index (κ3) is 9.42. The molecule has 2 N–H and O–H groups in total. The molecule has 0 spiro atoms. The molecule has 2 rings (SSSR count). The summed E-state index contributed by atoms with van der Waals surface area (Å²) in [6, 6.07) is 8.26. The summed E-state index contributed by atoms with van der Waals surface area (Å²) in [5.74, 6) is 0.648. The molecule has 0 bridgehead atoms. The first-order chi connectivity index (χ1) is 12.7. The first-order valence-electron chi connectivity index (χ1n) is 9.31. The molecule has 1 aliphatic rings. The molecule has 1 aliphatic heterocycles. The molecule has 160 valence electrons. The smallest absolute Gasteiger partial charge is 0.357 e. The minimum absolute atomic E-state index is 0. The number of likely N-dealkylation sites (tertiary alicyclic amines) is 1. The summed E-state index contributed by atoms with van der Waals surface area (Å²) >= 11 is 0. The molecule has 5 nitrogen and oxygen atoms in total. The Balaban J connectivity index is 0.00000392. The lowest BCUT2D eigenvalue weighted by Crippen LogP contribution is -2.45. The highest BCUT2D eigenvalue weighted by Crippen LogP contribution is 2.20. The van der Waals surface area contributed by atoms with Gasteiger partial charge in [-0.25, -0.2) is 4.99 Å². The molecular formula is C19H31F3IN5. The van der Waals surface area contributed by atoms with E-state index in [4.69, 9.17) is 0 Å². The van der Waals surface area contributed by atoms with E-state index in [-0.39, 0.29) is 30.0 Å². The molecule has 1 aromatic carbocycles. The van der Waals surface area contributed by atoms with Crippen LogP contribution < -0.4 is 10.6 Å². The van der Waals surface area contributed by atoms with Gasteiger partial charge in [-0.2, -0.15) is 13.2 Å². The van der Waals surface area contributed by atoms with Crippen LogP contribution in [0.4, 0.5) is 13.2 Å². The molecule has 0 radical (unpaired) electrons. The van der Waals surface area contributed by atoms with Crippen LogP contribution in [0.2, 0.25) is 0 Å². The number of hydrogen-bond acceptors (Lipinski definition) is 3. The predicted molar refractivity (Wildman–Crippen MR) is 118 cm³/mol. The second kappa shape index (κ2) is 11.8. The van der Waals surface area contributed by atoms with Crippen molar-refractivity contribution < 1.29 is 13.2 Å². The van der Waals surface area contributed by atoms with Gasteiger partial charge in [0, 0.05) is 32.2 Å². The fraction of sp³-hybridized carbons (Fsp3) is 0.632. The molecule has 0 saturated carbocycles. The Kier molecular flexibility index (Phi) is 10.5. The van der Waals surface area contributed by atoms with Crippen molar-refractivity contribution in [1.29, 1.82) is 0 Å². The molecule has 0 amide bonds. The van der Waals surface area contributed by atoms with Gasteiger partial charge in [-0.05, 0) is 38.6 Å². The summed E-state index contributed by atoms with van der Waals surface area (Å²) in [6.07, 6.45) is -3.47. The number of nitrogens with zero attached hydrogens (tertiary/aromatic N) is 3. The SMILES string of the molecule is CCNC(=NCc1cccc(CN(C)C)c1)NC1CCN(CC(F)(F)F)C1.I. The normalized spacial score (nSPS) is 18.2. The maximum Gasteiger partial charge on any atom is 0.401 e. The van der Waals surface area contributed by atoms with Gasteiger partial charge in [-0.3, -0.25) is 4.90 Å². The molecule has 1 atom stereocenters. The summed E-state index contributed by atoms with van der Waals surface area (Å²) in [7, 11) is 4.06. The molecule has 1 fully saturated rings. The lowest BCUT2D eigenvalue weighted by atomic mass is 10.1. The largest absolute Gasteiger partial charge is 0.401 e. The van der Waals surface area contributed by atoms with Gasteiger partial charge in [0.2, 0.25) is 0 Å². The van der Waals surface area contributed by atoms with Crippen LogP contribution in [0.1, 0.15) is 24.5 Å². The lowest BCUT2D eigenvalue weighted by Gasteiger charge is -2.19. The maximum atomic E-state index is 12.5. The van der Waals surface area contributed by atoms with E-state index in [0.29, 0.717) is 38.6 Å². The lowest BCUT2D eigenvalue weighted by molar-refractivity contribution is -0.143. The van der Waals surface area contributed by atoms with Crippen molar-refractivity contribution in [2.75, 3.05) is 40.3 Å². The van der Waals surface area contributed by atoms with Gasteiger partial charge >= 0.3 is 6.18 Å². The molecule has 0 aliphatic carbocycles. The summed E-state index contributed by atoms with van der Waals surface area (Å²) in [4.78, 5) is 8.16. The second-order valence-corrected chi connectivity index (χ2v) is 7.23. The first-order valence-corrected chi connectivity index (χ1v) is 9.31. The Morgan fingerprint density at radius 2 is 2.00 bits per heavy atom. The minimum Gasteiger partial charge on any atom is -0.357 e. The first kappa shape index (κ1) is 25.0. The van der Waals surface area contributed by atoms with Gasteiger partial charge in [0.05, 0.1) is 13.1 Å². The van der Waals surface area contributed by atoms with E-state index in [1.54, 1.807) is 0 Å². The Morgan fingerprint density at radius 3 is 2.64 bits per heavy atom. The average molecular weight is 513 g/mol. The molecular weight excluding hydrogens is 482 g/mol. The van der Waals surface area contributed by atoms with Gasteiger partial charge in [-0.15, -0.1) is 24.0 Å². The van der Waals surface area contributed by atoms with Crippen LogP contribution >= 0.6 is 24.0 Å². The second-order valence-electron chi connectivity index (χ2n) is 7.23. The van der Waals surface area contributed by atoms with Crippen LogP contribution in [0.5, 0.6) is 0 Å². The van der Waals surface area contributed by atoms with Gasteiger partial charge < -0.3 is 15.5 Å². The van der Waals surface area contributed by atoms with E-state index in [1.165, 1.54) is 10.5 Å². The zero-order valence-electron chi connectivity index (χ0n) is 16.7. The predicted octanol–water partition coefficient (Wildman–Crippen LogP) is 3.06. The van der Waals surface area contributed by atoms with Crippen LogP contribution in [0.3, 0.4) is 0 Å². The number of aliphatic imine (C=N–C) groups is 1. The van der Waals surface area contributed by atoms with E-state index in [9.17, 15) is 13.2 Å². The van der Waals surface area contributed by atoms with Crippen molar-refractivity contribution in [3.63, 3.8) is 0 Å². The third-order valence-electron chi connectivity index (χ3n) is 4.27. The van der Waals surface area contributed by atoms with Crippen LogP contribution in [-0.2, 0) is 13.1 Å². The van der Waals surface area contributed by atoms with Crippen LogP contribution in [0.15, 0.2) is 29.3 Å². The molecule has 1 saturated heterocycles. The standard InChI is InChI=1S/C19H30F3N5.HI/c1-4-23-18(25-17-8-9-27(13-17)14-19(20,21)22)24-11-15-6-5-7-16(10-15)12-26(2)3;/h5-7,10,17H,4,8-9,11-14H2,1-3H3,(H2,23,24,25);1H. The summed E-state index contributed by atoms with van der Waals surface area (Å²) in [5, 5.41) is 6.45. The van der Waals surface area contributed by atoms with E-state index < -0.39 is 12.7 Å². The van der Waals surface area contributed by atoms with E-state index in [1.807, 2.05) is 33.2 Å². The van der Waals surface area contributed by atoms with Crippen molar-refractivity contribution in [3.05, 3.63) is 35.4 Å². The van der Waals surface area contributed by atoms with Crippen LogP contribution in [0, 0.1) is 0 Å². The van der Waals surface area contributed by atoms with Gasteiger partial charge in [0.25, 0.3) is 0 Å². The molecule has 1 aromatic rings. The fourth-order valence-electron chi connectivity index (χ4n) is 3.22. The molecule has 28 heavy (non-hydrogen) atoms. The number of rotatable bonds is 7. The van der Waals surface area contributed by atoms with Gasteiger partial charge in [0.15, 0.2) is 5.96 Å². The fourth-order valence-corrected chi connectivity index (χ4v) is 3.22. The van der Waals surface area contributed by atoms with E-state index >= 15 is 0 Å². The summed E-state index contributed by atoms with van der Waals surface area (Å²) in [5.41, 5.74) is 2.33. The zero-order chi connectivity index (χ0) is 19.9. The quantitative estimate of drug-likeness (QED) is 0.334. The van der Waals surface area contributed by atoms with E-state index in [0.717, 1.165) is 12.1 Å². The van der Waals surface area contributed by atoms with E-state index in [2.05, 4.69) is 32.7 Å². The third-order valence-corrected chi connectivity index (χ3v) is 4.27. The topological polar surface area (TPSA) is 42.9 Å². The summed E-state index contributed by atoms with van der Waals surface area (Å²) in [6.45, 7) is 4.04.